The van der Waals surface area contributed by atoms with Gasteiger partial charge in [0.1, 0.15) is 5.75 Å². The summed E-state index contributed by atoms with van der Waals surface area (Å²) in [6, 6.07) is 8.44. The number of hydrogen-bond donors (Lipinski definition) is 1. The summed E-state index contributed by atoms with van der Waals surface area (Å²) in [5.74, 6) is 0.976. The van der Waals surface area contributed by atoms with Gasteiger partial charge in [0.05, 0.1) is 6.10 Å². The monoisotopic (exact) mass is 288 g/mol. The molecule has 1 aliphatic carbocycles. The van der Waals surface area contributed by atoms with Crippen molar-refractivity contribution in [2.45, 2.75) is 63.6 Å². The average Bonchev–Trinajstić information content (AvgIpc) is 3.32. The molecule has 21 heavy (non-hydrogen) atoms. The van der Waals surface area contributed by atoms with Crippen LogP contribution in [0.4, 0.5) is 0 Å². The van der Waals surface area contributed by atoms with Gasteiger partial charge in [-0.2, -0.15) is 0 Å². The number of ether oxygens (including phenoxy) is 1. The van der Waals surface area contributed by atoms with Gasteiger partial charge in [0.15, 0.2) is 0 Å². The molecule has 1 aliphatic heterocycles. The van der Waals surface area contributed by atoms with Crippen LogP contribution in [0.25, 0.3) is 0 Å². The molecule has 1 aromatic rings. The van der Waals surface area contributed by atoms with E-state index in [1.807, 2.05) is 0 Å². The zero-order chi connectivity index (χ0) is 14.9. The van der Waals surface area contributed by atoms with Crippen LogP contribution >= 0.6 is 0 Å². The molecule has 1 atom stereocenters. The summed E-state index contributed by atoms with van der Waals surface area (Å²) < 4.78 is 5.81. The van der Waals surface area contributed by atoms with Crippen LogP contribution < -0.4 is 10.5 Å². The first-order valence-corrected chi connectivity index (χ1v) is 8.34. The van der Waals surface area contributed by atoms with E-state index < -0.39 is 0 Å². The van der Waals surface area contributed by atoms with E-state index >= 15 is 0 Å². The lowest BCUT2D eigenvalue weighted by molar-refractivity contribution is 0.0729. The molecule has 0 spiro atoms. The quantitative estimate of drug-likeness (QED) is 0.901. The lowest BCUT2D eigenvalue weighted by atomic mass is 9.86. The topological polar surface area (TPSA) is 38.5 Å². The number of piperidine rings is 1. The standard InChI is InChI=1S/C18H28N2O/c1-18(2,20-12-4-3-5-13-20)17(19)14-6-8-15(9-7-14)21-16-10-11-16/h6-9,16-17H,3-5,10-13,19H2,1-2H3. The molecule has 3 nitrogen and oxygen atoms in total. The van der Waals surface area contributed by atoms with Gasteiger partial charge in [-0.3, -0.25) is 4.90 Å². The maximum Gasteiger partial charge on any atom is 0.119 e. The van der Waals surface area contributed by atoms with E-state index in [2.05, 4.69) is 43.0 Å². The Labute approximate surface area is 128 Å². The van der Waals surface area contributed by atoms with Gasteiger partial charge in [-0.1, -0.05) is 18.6 Å². The van der Waals surface area contributed by atoms with Gasteiger partial charge in [-0.05, 0) is 70.3 Å². The SMILES string of the molecule is CC(C)(C(N)c1ccc(OC2CC2)cc1)N1CCCCC1. The normalized spacial score (nSPS) is 22.0. The first kappa shape index (κ1) is 14.9. The zero-order valence-corrected chi connectivity index (χ0v) is 13.3. The van der Waals surface area contributed by atoms with Gasteiger partial charge in [0.2, 0.25) is 0 Å². The van der Waals surface area contributed by atoms with E-state index in [-0.39, 0.29) is 11.6 Å². The molecule has 2 aliphatic rings. The number of hydrogen-bond acceptors (Lipinski definition) is 3. The van der Waals surface area contributed by atoms with Crippen molar-refractivity contribution in [2.75, 3.05) is 13.1 Å². The van der Waals surface area contributed by atoms with Gasteiger partial charge in [-0.15, -0.1) is 0 Å². The number of benzene rings is 1. The minimum absolute atomic E-state index is 0.000708. The zero-order valence-electron chi connectivity index (χ0n) is 13.3. The summed E-state index contributed by atoms with van der Waals surface area (Å²) >= 11 is 0. The highest BCUT2D eigenvalue weighted by molar-refractivity contribution is 5.31. The Hall–Kier alpha value is -1.06. The van der Waals surface area contributed by atoms with Crippen LogP contribution in [0.3, 0.4) is 0 Å². The molecule has 0 amide bonds. The van der Waals surface area contributed by atoms with Gasteiger partial charge < -0.3 is 10.5 Å². The number of rotatable bonds is 5. The van der Waals surface area contributed by atoms with E-state index in [0.717, 1.165) is 5.75 Å². The van der Waals surface area contributed by atoms with Crippen LogP contribution in [-0.4, -0.2) is 29.6 Å². The van der Waals surface area contributed by atoms with Gasteiger partial charge in [0.25, 0.3) is 0 Å². The minimum Gasteiger partial charge on any atom is -0.490 e. The summed E-state index contributed by atoms with van der Waals surface area (Å²) in [7, 11) is 0. The van der Waals surface area contributed by atoms with Crippen molar-refractivity contribution in [3.63, 3.8) is 0 Å². The molecule has 1 aromatic carbocycles. The van der Waals surface area contributed by atoms with Crippen molar-refractivity contribution in [1.82, 2.24) is 4.90 Å². The highest BCUT2D eigenvalue weighted by atomic mass is 16.5. The number of nitrogens with zero attached hydrogens (tertiary/aromatic N) is 1. The fraction of sp³-hybridized carbons (Fsp3) is 0.667. The molecule has 1 saturated heterocycles. The third-order valence-corrected chi connectivity index (χ3v) is 5.00. The molecule has 0 radical (unpaired) electrons. The summed E-state index contributed by atoms with van der Waals surface area (Å²) in [5, 5.41) is 0. The van der Waals surface area contributed by atoms with E-state index in [1.54, 1.807) is 0 Å². The van der Waals surface area contributed by atoms with Crippen molar-refractivity contribution in [1.29, 1.82) is 0 Å². The highest BCUT2D eigenvalue weighted by Gasteiger charge is 2.34. The Morgan fingerprint density at radius 1 is 1.10 bits per heavy atom. The lowest BCUT2D eigenvalue weighted by Gasteiger charge is -2.44. The molecule has 2 N–H and O–H groups in total. The van der Waals surface area contributed by atoms with E-state index in [1.165, 1.54) is 50.8 Å². The third kappa shape index (κ3) is 3.41. The molecule has 1 unspecified atom stereocenters. The Morgan fingerprint density at radius 2 is 1.71 bits per heavy atom. The number of nitrogens with two attached hydrogens (primary N) is 1. The Morgan fingerprint density at radius 3 is 2.29 bits per heavy atom. The van der Waals surface area contributed by atoms with E-state index in [4.69, 9.17) is 10.5 Å². The second kappa shape index (κ2) is 5.98. The first-order chi connectivity index (χ1) is 10.1. The average molecular weight is 288 g/mol. The largest absolute Gasteiger partial charge is 0.490 e. The molecule has 3 heteroatoms. The van der Waals surface area contributed by atoms with Crippen LogP contribution in [0.15, 0.2) is 24.3 Å². The maximum atomic E-state index is 6.58. The molecule has 116 valence electrons. The Kier molecular flexibility index (Phi) is 4.23. The van der Waals surface area contributed by atoms with Gasteiger partial charge in [-0.25, -0.2) is 0 Å². The smallest absolute Gasteiger partial charge is 0.119 e. The van der Waals surface area contributed by atoms with Crippen LogP contribution in [-0.2, 0) is 0 Å². The Bertz CT molecular complexity index is 459. The van der Waals surface area contributed by atoms with Crippen LogP contribution in [0.2, 0.25) is 0 Å². The maximum absolute atomic E-state index is 6.58. The molecule has 2 fully saturated rings. The second-order valence-electron chi connectivity index (χ2n) is 7.07. The van der Waals surface area contributed by atoms with Crippen LogP contribution in [0, 0.1) is 0 Å². The van der Waals surface area contributed by atoms with Crippen LogP contribution in [0.1, 0.15) is 57.6 Å². The summed E-state index contributed by atoms with van der Waals surface area (Å²) in [4.78, 5) is 2.55. The molecule has 0 aromatic heterocycles. The summed E-state index contributed by atoms with van der Waals surface area (Å²) in [6.45, 7) is 6.89. The highest BCUT2D eigenvalue weighted by Crippen LogP contribution is 2.33. The van der Waals surface area contributed by atoms with Crippen molar-refractivity contribution in [3.8, 4) is 5.75 Å². The molecule has 0 bridgehead atoms. The Balaban J connectivity index is 1.68. The van der Waals surface area contributed by atoms with Crippen molar-refractivity contribution < 1.29 is 4.74 Å². The molecule has 1 heterocycles. The van der Waals surface area contributed by atoms with E-state index in [9.17, 15) is 0 Å². The molecular formula is C18H28N2O. The van der Waals surface area contributed by atoms with Crippen LogP contribution in [0.5, 0.6) is 5.75 Å². The van der Waals surface area contributed by atoms with E-state index in [0.29, 0.717) is 6.10 Å². The molecular weight excluding hydrogens is 260 g/mol. The summed E-state index contributed by atoms with van der Waals surface area (Å²) in [5.41, 5.74) is 7.79. The lowest BCUT2D eigenvalue weighted by Crippen LogP contribution is -2.53. The van der Waals surface area contributed by atoms with Gasteiger partial charge in [0, 0.05) is 11.6 Å². The molecule has 1 saturated carbocycles. The second-order valence-corrected chi connectivity index (χ2v) is 7.07. The van der Waals surface area contributed by atoms with Crippen molar-refractivity contribution in [3.05, 3.63) is 29.8 Å². The fourth-order valence-corrected chi connectivity index (χ4v) is 3.21. The predicted octanol–water partition coefficient (Wildman–Crippen LogP) is 3.49. The van der Waals surface area contributed by atoms with Gasteiger partial charge >= 0.3 is 0 Å². The van der Waals surface area contributed by atoms with Crippen molar-refractivity contribution in [2.24, 2.45) is 5.73 Å². The first-order valence-electron chi connectivity index (χ1n) is 8.34. The minimum atomic E-state index is -0.000708. The summed E-state index contributed by atoms with van der Waals surface area (Å²) in [6.07, 6.45) is 6.80. The fourth-order valence-electron chi connectivity index (χ4n) is 3.21. The third-order valence-electron chi connectivity index (χ3n) is 5.00. The molecule has 3 rings (SSSR count). The van der Waals surface area contributed by atoms with Crippen molar-refractivity contribution >= 4 is 0 Å². The predicted molar refractivity (Wildman–Crippen MR) is 86.5 cm³/mol. The number of likely N-dealkylation sites (tertiary alicyclic amines) is 1.